The van der Waals surface area contributed by atoms with Crippen molar-refractivity contribution >= 4 is 21.9 Å². The van der Waals surface area contributed by atoms with Gasteiger partial charge >= 0.3 is 0 Å². The van der Waals surface area contributed by atoms with E-state index in [-0.39, 0.29) is 0 Å². The largest absolute Gasteiger partial charge is 0.361 e. The molecule has 1 aliphatic rings. The number of nitrogens with zero attached hydrogens (tertiary/aromatic N) is 3. The van der Waals surface area contributed by atoms with Gasteiger partial charge in [0.1, 0.15) is 17.1 Å². The molecule has 29 heavy (non-hydrogen) atoms. The van der Waals surface area contributed by atoms with E-state index in [0.717, 1.165) is 45.1 Å². The minimum Gasteiger partial charge on any atom is -0.361 e. The molecule has 144 valence electrons. The summed E-state index contributed by atoms with van der Waals surface area (Å²) in [5, 5.41) is 5.40. The van der Waals surface area contributed by atoms with Gasteiger partial charge in [0.05, 0.1) is 22.4 Å². The summed E-state index contributed by atoms with van der Waals surface area (Å²) in [6.45, 7) is 6.12. The number of nitrogens with one attached hydrogen (secondary N) is 1. The van der Waals surface area contributed by atoms with Gasteiger partial charge in [0.25, 0.3) is 0 Å². The number of rotatable bonds is 3. The van der Waals surface area contributed by atoms with Crippen molar-refractivity contribution in [1.82, 2.24) is 19.7 Å². The summed E-state index contributed by atoms with van der Waals surface area (Å²) in [4.78, 5) is 8.62. The Morgan fingerprint density at radius 2 is 1.90 bits per heavy atom. The van der Waals surface area contributed by atoms with Crippen LogP contribution in [0.2, 0.25) is 0 Å². The van der Waals surface area contributed by atoms with E-state index in [4.69, 9.17) is 9.51 Å². The molecule has 1 aliphatic carbocycles. The molecule has 0 spiro atoms. The predicted molar refractivity (Wildman–Crippen MR) is 115 cm³/mol. The number of aromatic nitrogens is 4. The average molecular weight is 382 g/mol. The van der Waals surface area contributed by atoms with Crippen molar-refractivity contribution in [2.75, 3.05) is 0 Å². The Morgan fingerprint density at radius 3 is 2.66 bits per heavy atom. The van der Waals surface area contributed by atoms with Crippen molar-refractivity contribution in [3.63, 3.8) is 0 Å². The summed E-state index contributed by atoms with van der Waals surface area (Å²) >= 11 is 0. The van der Waals surface area contributed by atoms with Crippen LogP contribution < -0.4 is 0 Å². The molecule has 0 atom stereocenters. The molecule has 5 nitrogen and oxygen atoms in total. The lowest BCUT2D eigenvalue weighted by molar-refractivity contribution is 0.393. The maximum Gasteiger partial charge on any atom is 0.141 e. The molecule has 0 aliphatic heterocycles. The number of imidazole rings is 1. The van der Waals surface area contributed by atoms with E-state index in [1.807, 2.05) is 13.8 Å². The molecule has 5 heteroatoms. The highest BCUT2D eigenvalue weighted by molar-refractivity contribution is 5.93. The van der Waals surface area contributed by atoms with Gasteiger partial charge in [-0.15, -0.1) is 0 Å². The van der Waals surface area contributed by atoms with E-state index < -0.39 is 0 Å². The second-order valence-corrected chi connectivity index (χ2v) is 8.17. The van der Waals surface area contributed by atoms with Gasteiger partial charge in [-0.25, -0.2) is 4.98 Å². The van der Waals surface area contributed by atoms with Crippen molar-refractivity contribution in [2.24, 2.45) is 0 Å². The van der Waals surface area contributed by atoms with Crippen molar-refractivity contribution < 1.29 is 4.52 Å². The van der Waals surface area contributed by atoms with Crippen LogP contribution in [0.25, 0.3) is 38.8 Å². The summed E-state index contributed by atoms with van der Waals surface area (Å²) in [6.07, 6.45) is 2.44. The van der Waals surface area contributed by atoms with Crippen LogP contribution in [0.4, 0.5) is 0 Å². The zero-order valence-electron chi connectivity index (χ0n) is 16.8. The predicted octanol–water partition coefficient (Wildman–Crippen LogP) is 5.96. The first-order chi connectivity index (χ1) is 14.1. The lowest BCUT2D eigenvalue weighted by Gasteiger charge is -2.12. The first-order valence-corrected chi connectivity index (χ1v) is 10.1. The van der Waals surface area contributed by atoms with E-state index in [1.165, 1.54) is 29.4 Å². The van der Waals surface area contributed by atoms with Gasteiger partial charge in [-0.3, -0.25) is 0 Å². The molecule has 1 N–H and O–H groups in total. The minimum absolute atomic E-state index is 0.570. The van der Waals surface area contributed by atoms with Crippen molar-refractivity contribution in [2.45, 2.75) is 39.5 Å². The molecule has 1 saturated carbocycles. The van der Waals surface area contributed by atoms with Crippen LogP contribution >= 0.6 is 0 Å². The van der Waals surface area contributed by atoms with Crippen LogP contribution in [-0.2, 0) is 0 Å². The summed E-state index contributed by atoms with van der Waals surface area (Å²) in [7, 11) is 0. The molecule has 5 aromatic rings. The third kappa shape index (κ3) is 2.47. The number of hydrogen-bond acceptors (Lipinski definition) is 3. The summed E-state index contributed by atoms with van der Waals surface area (Å²) in [5.41, 5.74) is 8.64. The van der Waals surface area contributed by atoms with Gasteiger partial charge in [0.2, 0.25) is 0 Å². The van der Waals surface area contributed by atoms with E-state index >= 15 is 0 Å². The number of aryl methyl sites for hydroxylation is 3. The Bertz CT molecular complexity index is 1380. The molecule has 0 unspecified atom stereocenters. The Labute approximate surface area is 168 Å². The maximum absolute atomic E-state index is 5.46. The standard InChI is InChI=1S/C24H22N4O/c1-13-10-17-6-4-5-7-20(17)28(13)21-12-18(22-14(2)27-29-15(22)3)11-19-23(21)26-24(25-19)16-8-9-16/h4-7,10-12,16H,8-9H2,1-3H3,(H,25,26). The lowest BCUT2D eigenvalue weighted by Crippen LogP contribution is -1.99. The zero-order chi connectivity index (χ0) is 19.7. The highest BCUT2D eigenvalue weighted by atomic mass is 16.5. The van der Waals surface area contributed by atoms with E-state index in [0.29, 0.717) is 5.92 Å². The molecular formula is C24H22N4O. The Morgan fingerprint density at radius 1 is 1.07 bits per heavy atom. The number of hydrogen-bond donors (Lipinski definition) is 1. The number of aromatic amines is 1. The second kappa shape index (κ2) is 5.83. The number of benzene rings is 2. The van der Waals surface area contributed by atoms with Crippen LogP contribution in [-0.4, -0.2) is 19.7 Å². The molecule has 3 aromatic heterocycles. The van der Waals surface area contributed by atoms with Gasteiger partial charge in [0.15, 0.2) is 0 Å². The Hall–Kier alpha value is -3.34. The average Bonchev–Trinajstić information content (AvgIpc) is 3.25. The topological polar surface area (TPSA) is 59.6 Å². The first kappa shape index (κ1) is 16.6. The Balaban J connectivity index is 1.70. The monoisotopic (exact) mass is 382 g/mol. The summed E-state index contributed by atoms with van der Waals surface area (Å²) in [6, 6.07) is 15.2. The molecule has 2 aromatic carbocycles. The van der Waals surface area contributed by atoms with E-state index in [2.05, 4.69) is 64.1 Å². The van der Waals surface area contributed by atoms with Gasteiger partial charge in [-0.05, 0) is 63.4 Å². The normalized spacial score (nSPS) is 14.3. The fraction of sp³-hybridized carbons (Fsp3) is 0.250. The molecule has 0 amide bonds. The van der Waals surface area contributed by atoms with Gasteiger partial charge in [0, 0.05) is 22.6 Å². The molecule has 3 heterocycles. The summed E-state index contributed by atoms with van der Waals surface area (Å²) < 4.78 is 7.77. The van der Waals surface area contributed by atoms with E-state index in [9.17, 15) is 0 Å². The number of para-hydroxylation sites is 1. The second-order valence-electron chi connectivity index (χ2n) is 8.17. The van der Waals surface area contributed by atoms with Crippen molar-refractivity contribution in [1.29, 1.82) is 0 Å². The number of fused-ring (bicyclic) bond motifs is 2. The third-order valence-electron chi connectivity index (χ3n) is 6.01. The van der Waals surface area contributed by atoms with Crippen LogP contribution in [0.1, 0.15) is 41.7 Å². The van der Waals surface area contributed by atoms with Crippen LogP contribution in [0.5, 0.6) is 0 Å². The molecule has 0 radical (unpaired) electrons. The molecule has 0 bridgehead atoms. The smallest absolute Gasteiger partial charge is 0.141 e. The Kier molecular flexibility index (Phi) is 3.34. The minimum atomic E-state index is 0.570. The molecule has 1 fully saturated rings. The van der Waals surface area contributed by atoms with Gasteiger partial charge in [-0.1, -0.05) is 23.4 Å². The quantitative estimate of drug-likeness (QED) is 0.418. The van der Waals surface area contributed by atoms with Crippen LogP contribution in [0.15, 0.2) is 47.0 Å². The zero-order valence-corrected chi connectivity index (χ0v) is 16.8. The maximum atomic E-state index is 5.46. The van der Waals surface area contributed by atoms with Gasteiger partial charge < -0.3 is 14.1 Å². The third-order valence-corrected chi connectivity index (χ3v) is 6.01. The highest BCUT2D eigenvalue weighted by Crippen LogP contribution is 2.41. The molecule has 6 rings (SSSR count). The summed E-state index contributed by atoms with van der Waals surface area (Å²) in [5.74, 6) is 2.51. The number of H-pyrrole nitrogens is 1. The van der Waals surface area contributed by atoms with Gasteiger partial charge in [-0.2, -0.15) is 0 Å². The van der Waals surface area contributed by atoms with E-state index in [1.54, 1.807) is 0 Å². The van der Waals surface area contributed by atoms with Crippen molar-refractivity contribution in [3.05, 3.63) is 65.4 Å². The fourth-order valence-electron chi connectivity index (χ4n) is 4.49. The highest BCUT2D eigenvalue weighted by Gasteiger charge is 2.28. The first-order valence-electron chi connectivity index (χ1n) is 10.1. The molecule has 0 saturated heterocycles. The molecular weight excluding hydrogens is 360 g/mol. The SMILES string of the molecule is Cc1noc(C)c1-c1cc(-n2c(C)cc3ccccc32)c2nc(C3CC3)[nH]c2c1. The van der Waals surface area contributed by atoms with Crippen molar-refractivity contribution in [3.8, 4) is 16.8 Å². The fourth-order valence-corrected chi connectivity index (χ4v) is 4.49. The van der Waals surface area contributed by atoms with Crippen LogP contribution in [0.3, 0.4) is 0 Å². The van der Waals surface area contributed by atoms with Crippen LogP contribution in [0, 0.1) is 20.8 Å². The lowest BCUT2D eigenvalue weighted by atomic mass is 10.0.